The first-order valence-corrected chi connectivity index (χ1v) is 4.56. The summed E-state index contributed by atoms with van der Waals surface area (Å²) in [5.41, 5.74) is 0.596. The van der Waals surface area contributed by atoms with E-state index in [-0.39, 0.29) is 0 Å². The zero-order valence-corrected chi connectivity index (χ0v) is 8.92. The van der Waals surface area contributed by atoms with Crippen molar-refractivity contribution in [2.24, 2.45) is 0 Å². The Labute approximate surface area is 81.1 Å². The molecular weight excluding hydrogens is 276 g/mol. The zero-order chi connectivity index (χ0) is 8.43. The van der Waals surface area contributed by atoms with Crippen molar-refractivity contribution in [3.8, 4) is 0 Å². The highest BCUT2D eigenvalue weighted by atomic mass is 79.9. The Bertz CT molecular complexity index is 245. The van der Waals surface area contributed by atoms with Gasteiger partial charge in [-0.1, -0.05) is 0 Å². The van der Waals surface area contributed by atoms with Crippen LogP contribution in [0.1, 0.15) is 18.7 Å². The second-order valence-corrected chi connectivity index (χ2v) is 3.58. The molecule has 1 aromatic heterocycles. The Morgan fingerprint density at radius 2 is 2.09 bits per heavy atom. The number of hydrogen-bond donors (Lipinski definition) is 1. The van der Waals surface area contributed by atoms with Crippen LogP contribution in [0, 0.1) is 0 Å². The summed E-state index contributed by atoms with van der Waals surface area (Å²) in [6, 6.07) is 1.68. The predicted molar refractivity (Wildman–Crippen MR) is 48.1 cm³/mol. The molecule has 1 atom stereocenters. The number of halogens is 2. The van der Waals surface area contributed by atoms with E-state index < -0.39 is 6.10 Å². The van der Waals surface area contributed by atoms with Gasteiger partial charge in [0, 0.05) is 0 Å². The van der Waals surface area contributed by atoms with Crippen molar-refractivity contribution in [3.63, 3.8) is 0 Å². The summed E-state index contributed by atoms with van der Waals surface area (Å²) in [5, 5.41) is 9.14. The van der Waals surface area contributed by atoms with Crippen molar-refractivity contribution in [1.82, 2.24) is 9.97 Å². The van der Waals surface area contributed by atoms with Gasteiger partial charge < -0.3 is 5.11 Å². The van der Waals surface area contributed by atoms with E-state index in [4.69, 9.17) is 5.11 Å². The summed E-state index contributed by atoms with van der Waals surface area (Å²) >= 11 is 6.31. The molecule has 0 spiro atoms. The average molecular weight is 282 g/mol. The number of nitrogens with zero attached hydrogens (tertiary/aromatic N) is 2. The van der Waals surface area contributed by atoms with Gasteiger partial charge in [0.25, 0.3) is 0 Å². The Morgan fingerprint density at radius 1 is 1.45 bits per heavy atom. The van der Waals surface area contributed by atoms with Gasteiger partial charge in [-0.25, -0.2) is 9.97 Å². The summed E-state index contributed by atoms with van der Waals surface area (Å²) in [6.07, 6.45) is -0.564. The lowest BCUT2D eigenvalue weighted by Crippen LogP contribution is -1.97. The topological polar surface area (TPSA) is 46.0 Å². The normalized spacial score (nSPS) is 13.1. The number of rotatable bonds is 1. The summed E-state index contributed by atoms with van der Waals surface area (Å²) in [5.74, 6) is 0. The van der Waals surface area contributed by atoms with E-state index >= 15 is 0 Å². The molecule has 0 bridgehead atoms. The lowest BCUT2D eigenvalue weighted by atomic mass is 10.3. The highest BCUT2D eigenvalue weighted by Gasteiger charge is 2.04. The standard InChI is InChI=1S/C6H6Br2N2O/c1-3(11)4-2-5(7)10-6(8)9-4/h2-3,11H,1H3/t3-/m0/s1. The maximum Gasteiger partial charge on any atom is 0.197 e. The molecule has 1 rings (SSSR count). The molecule has 5 heteroatoms. The van der Waals surface area contributed by atoms with Gasteiger partial charge in [-0.05, 0) is 44.8 Å². The van der Waals surface area contributed by atoms with Crippen LogP contribution in [0.15, 0.2) is 15.4 Å². The monoisotopic (exact) mass is 280 g/mol. The van der Waals surface area contributed by atoms with Gasteiger partial charge in [0.15, 0.2) is 4.73 Å². The van der Waals surface area contributed by atoms with Gasteiger partial charge in [0.1, 0.15) is 4.60 Å². The minimum Gasteiger partial charge on any atom is -0.387 e. The van der Waals surface area contributed by atoms with Gasteiger partial charge in [0.2, 0.25) is 0 Å². The van der Waals surface area contributed by atoms with E-state index in [0.29, 0.717) is 15.0 Å². The largest absolute Gasteiger partial charge is 0.387 e. The molecule has 0 aliphatic heterocycles. The van der Waals surface area contributed by atoms with E-state index in [9.17, 15) is 0 Å². The summed E-state index contributed by atoms with van der Waals surface area (Å²) in [6.45, 7) is 1.65. The first kappa shape index (κ1) is 9.09. The number of aliphatic hydroxyl groups is 1. The Balaban J connectivity index is 3.08. The van der Waals surface area contributed by atoms with Crippen molar-refractivity contribution in [3.05, 3.63) is 21.1 Å². The van der Waals surface area contributed by atoms with Gasteiger partial charge in [-0.2, -0.15) is 0 Å². The molecule has 0 fully saturated rings. The van der Waals surface area contributed by atoms with Crippen LogP contribution >= 0.6 is 31.9 Å². The highest BCUT2D eigenvalue weighted by Crippen LogP contribution is 2.16. The van der Waals surface area contributed by atoms with E-state index in [1.807, 2.05) is 0 Å². The number of aromatic nitrogens is 2. The van der Waals surface area contributed by atoms with E-state index in [1.54, 1.807) is 13.0 Å². The van der Waals surface area contributed by atoms with Gasteiger partial charge in [0.05, 0.1) is 11.8 Å². The third-order valence-electron chi connectivity index (χ3n) is 1.12. The molecule has 11 heavy (non-hydrogen) atoms. The van der Waals surface area contributed by atoms with Gasteiger partial charge >= 0.3 is 0 Å². The second-order valence-electron chi connectivity index (χ2n) is 2.06. The molecule has 1 heterocycles. The van der Waals surface area contributed by atoms with Crippen molar-refractivity contribution in [2.75, 3.05) is 0 Å². The Kier molecular flexibility index (Phi) is 2.98. The molecule has 0 saturated heterocycles. The quantitative estimate of drug-likeness (QED) is 0.633. The molecule has 0 radical (unpaired) electrons. The van der Waals surface area contributed by atoms with E-state index in [0.717, 1.165) is 0 Å². The Morgan fingerprint density at radius 3 is 2.55 bits per heavy atom. The zero-order valence-electron chi connectivity index (χ0n) is 5.75. The lowest BCUT2D eigenvalue weighted by molar-refractivity contribution is 0.194. The fourth-order valence-electron chi connectivity index (χ4n) is 0.620. The third-order valence-corrected chi connectivity index (χ3v) is 1.88. The van der Waals surface area contributed by atoms with Crippen LogP contribution in [0.25, 0.3) is 0 Å². The smallest absolute Gasteiger partial charge is 0.197 e. The first-order chi connectivity index (χ1) is 5.09. The van der Waals surface area contributed by atoms with Crippen molar-refractivity contribution < 1.29 is 5.11 Å². The number of aliphatic hydroxyl groups excluding tert-OH is 1. The van der Waals surface area contributed by atoms with Gasteiger partial charge in [-0.15, -0.1) is 0 Å². The lowest BCUT2D eigenvalue weighted by Gasteiger charge is -2.03. The molecule has 0 saturated carbocycles. The van der Waals surface area contributed by atoms with Crippen molar-refractivity contribution in [1.29, 1.82) is 0 Å². The molecular formula is C6H6Br2N2O. The summed E-state index contributed by atoms with van der Waals surface area (Å²) in [4.78, 5) is 7.89. The molecule has 0 aromatic carbocycles. The van der Waals surface area contributed by atoms with Crippen molar-refractivity contribution >= 4 is 31.9 Å². The molecule has 1 aromatic rings. The molecule has 0 unspecified atom stereocenters. The summed E-state index contributed by atoms with van der Waals surface area (Å²) < 4.78 is 1.14. The molecule has 1 N–H and O–H groups in total. The third kappa shape index (κ3) is 2.50. The fraction of sp³-hybridized carbons (Fsp3) is 0.333. The molecule has 60 valence electrons. The van der Waals surface area contributed by atoms with Crippen LogP contribution in [0.3, 0.4) is 0 Å². The fourth-order valence-corrected chi connectivity index (χ4v) is 1.66. The average Bonchev–Trinajstić information content (AvgIpc) is 1.85. The molecule has 3 nitrogen and oxygen atoms in total. The van der Waals surface area contributed by atoms with Crippen molar-refractivity contribution in [2.45, 2.75) is 13.0 Å². The summed E-state index contributed by atoms with van der Waals surface area (Å²) in [7, 11) is 0. The van der Waals surface area contributed by atoms with Crippen LogP contribution in [0.2, 0.25) is 0 Å². The van der Waals surface area contributed by atoms with Gasteiger partial charge in [-0.3, -0.25) is 0 Å². The van der Waals surface area contributed by atoms with Crippen LogP contribution in [-0.2, 0) is 0 Å². The SMILES string of the molecule is C[C@H](O)c1cc(Br)nc(Br)n1. The maximum atomic E-state index is 9.14. The maximum absolute atomic E-state index is 9.14. The minimum absolute atomic E-state index is 0.475. The van der Waals surface area contributed by atoms with Crippen LogP contribution < -0.4 is 0 Å². The minimum atomic E-state index is -0.564. The van der Waals surface area contributed by atoms with Crippen LogP contribution in [0.4, 0.5) is 0 Å². The predicted octanol–water partition coefficient (Wildman–Crippen LogP) is 2.05. The first-order valence-electron chi connectivity index (χ1n) is 2.97. The van der Waals surface area contributed by atoms with Crippen LogP contribution in [-0.4, -0.2) is 15.1 Å². The molecule has 0 aliphatic carbocycles. The molecule has 0 amide bonds. The second kappa shape index (κ2) is 3.60. The number of hydrogen-bond acceptors (Lipinski definition) is 3. The highest BCUT2D eigenvalue weighted by molar-refractivity contribution is 9.11. The molecule has 0 aliphatic rings. The van der Waals surface area contributed by atoms with Crippen LogP contribution in [0.5, 0.6) is 0 Å². The van der Waals surface area contributed by atoms with E-state index in [1.165, 1.54) is 0 Å². The Hall–Kier alpha value is -0.000000000000000111. The van der Waals surface area contributed by atoms with E-state index in [2.05, 4.69) is 41.8 Å².